The Balaban J connectivity index is 1.70. The molecule has 2 aliphatic carbocycles. The smallest absolute Gasteiger partial charge is 0.199 e. The van der Waals surface area contributed by atoms with E-state index < -0.39 is 0 Å². The lowest BCUT2D eigenvalue weighted by molar-refractivity contribution is 0.480. The van der Waals surface area contributed by atoms with Crippen molar-refractivity contribution in [3.05, 3.63) is 40.4 Å². The molecule has 0 bridgehead atoms. The molecule has 2 aromatic rings. The summed E-state index contributed by atoms with van der Waals surface area (Å²) in [4.78, 5) is 0. The standard InChI is InChI=1S/C18H23N3S/c1-11(2)12-7-9-13(10-8-12)21-17(19-20-18(21)22)16-14-5-3-4-6-15(14)16/h7-11,14-16H,3-6H2,1-2H3,(H,20,22). The Morgan fingerprint density at radius 3 is 2.36 bits per heavy atom. The molecule has 0 amide bonds. The number of hydrogen-bond donors (Lipinski definition) is 1. The van der Waals surface area contributed by atoms with Crippen LogP contribution in [0.5, 0.6) is 0 Å². The fraction of sp³-hybridized carbons (Fsp3) is 0.556. The van der Waals surface area contributed by atoms with E-state index in [0.717, 1.165) is 28.1 Å². The minimum atomic E-state index is 0.553. The Hall–Kier alpha value is -1.42. The van der Waals surface area contributed by atoms with E-state index in [2.05, 4.69) is 52.9 Å². The van der Waals surface area contributed by atoms with Gasteiger partial charge in [0.1, 0.15) is 5.82 Å². The lowest BCUT2D eigenvalue weighted by atomic mass is 10.0. The molecule has 4 rings (SSSR count). The minimum absolute atomic E-state index is 0.553. The van der Waals surface area contributed by atoms with Gasteiger partial charge < -0.3 is 0 Å². The zero-order chi connectivity index (χ0) is 15.3. The minimum Gasteiger partial charge on any atom is -0.272 e. The maximum absolute atomic E-state index is 5.50. The second-order valence-corrected chi connectivity index (χ2v) is 7.49. The van der Waals surface area contributed by atoms with Crippen molar-refractivity contribution in [1.82, 2.24) is 14.8 Å². The van der Waals surface area contributed by atoms with Crippen molar-refractivity contribution in [3.8, 4) is 5.69 Å². The summed E-state index contributed by atoms with van der Waals surface area (Å²) in [5, 5.41) is 7.60. The van der Waals surface area contributed by atoms with E-state index in [-0.39, 0.29) is 0 Å². The van der Waals surface area contributed by atoms with E-state index in [1.54, 1.807) is 0 Å². The molecule has 0 aliphatic heterocycles. The van der Waals surface area contributed by atoms with Crippen molar-refractivity contribution < 1.29 is 0 Å². The molecule has 0 spiro atoms. The molecule has 1 heterocycles. The van der Waals surface area contributed by atoms with Crippen LogP contribution in [-0.2, 0) is 0 Å². The van der Waals surface area contributed by atoms with Gasteiger partial charge in [-0.05, 0) is 60.5 Å². The van der Waals surface area contributed by atoms with Crippen LogP contribution in [-0.4, -0.2) is 14.8 Å². The van der Waals surface area contributed by atoms with E-state index in [1.165, 1.54) is 31.2 Å². The summed E-state index contributed by atoms with van der Waals surface area (Å²) in [6, 6.07) is 8.77. The van der Waals surface area contributed by atoms with Crippen molar-refractivity contribution in [2.24, 2.45) is 11.8 Å². The number of aromatic nitrogens is 3. The molecular formula is C18H23N3S. The van der Waals surface area contributed by atoms with Crippen molar-refractivity contribution >= 4 is 12.2 Å². The topological polar surface area (TPSA) is 33.6 Å². The lowest BCUT2D eigenvalue weighted by Crippen LogP contribution is -2.02. The number of hydrogen-bond acceptors (Lipinski definition) is 2. The maximum atomic E-state index is 5.50. The molecule has 0 radical (unpaired) electrons. The molecular weight excluding hydrogens is 290 g/mol. The highest BCUT2D eigenvalue weighted by Gasteiger charge is 2.53. The third kappa shape index (κ3) is 2.24. The zero-order valence-corrected chi connectivity index (χ0v) is 14.1. The van der Waals surface area contributed by atoms with E-state index in [9.17, 15) is 0 Å². The number of nitrogens with one attached hydrogen (secondary N) is 1. The molecule has 2 saturated carbocycles. The zero-order valence-electron chi connectivity index (χ0n) is 13.2. The second kappa shape index (κ2) is 5.34. The fourth-order valence-electron chi connectivity index (χ4n) is 4.17. The Kier molecular flexibility index (Phi) is 3.44. The number of fused-ring (bicyclic) bond motifs is 1. The van der Waals surface area contributed by atoms with E-state index in [1.807, 2.05) is 0 Å². The maximum Gasteiger partial charge on any atom is 0.199 e. The Labute approximate surface area is 136 Å². The van der Waals surface area contributed by atoms with Crippen molar-refractivity contribution in [3.63, 3.8) is 0 Å². The van der Waals surface area contributed by atoms with Gasteiger partial charge in [-0.1, -0.05) is 38.8 Å². The molecule has 2 aliphatic rings. The van der Waals surface area contributed by atoms with Crippen LogP contribution in [0.15, 0.2) is 24.3 Å². The van der Waals surface area contributed by atoms with Crippen molar-refractivity contribution in [1.29, 1.82) is 0 Å². The largest absolute Gasteiger partial charge is 0.272 e. The Bertz CT molecular complexity index is 714. The van der Waals surface area contributed by atoms with Gasteiger partial charge in [0.15, 0.2) is 4.77 Å². The molecule has 2 unspecified atom stereocenters. The number of H-pyrrole nitrogens is 1. The van der Waals surface area contributed by atoms with E-state index in [0.29, 0.717) is 11.8 Å². The number of benzene rings is 1. The monoisotopic (exact) mass is 313 g/mol. The molecule has 3 nitrogen and oxygen atoms in total. The molecule has 2 atom stereocenters. The molecule has 0 saturated heterocycles. The number of rotatable bonds is 3. The third-order valence-corrected chi connectivity index (χ3v) is 5.74. The summed E-state index contributed by atoms with van der Waals surface area (Å²) < 4.78 is 2.87. The molecule has 22 heavy (non-hydrogen) atoms. The fourth-order valence-corrected chi connectivity index (χ4v) is 4.41. The van der Waals surface area contributed by atoms with Crippen LogP contribution < -0.4 is 0 Å². The van der Waals surface area contributed by atoms with Gasteiger partial charge in [0.2, 0.25) is 0 Å². The summed E-state index contributed by atoms with van der Waals surface area (Å²) >= 11 is 5.50. The Morgan fingerprint density at radius 2 is 1.77 bits per heavy atom. The van der Waals surface area contributed by atoms with Gasteiger partial charge in [0.05, 0.1) is 0 Å². The predicted octanol–water partition coefficient (Wildman–Crippen LogP) is 4.96. The summed E-state index contributed by atoms with van der Waals surface area (Å²) in [5.41, 5.74) is 2.50. The van der Waals surface area contributed by atoms with Gasteiger partial charge in [0, 0.05) is 11.6 Å². The molecule has 1 aromatic heterocycles. The average molecular weight is 313 g/mol. The quantitative estimate of drug-likeness (QED) is 0.813. The molecule has 2 fully saturated rings. The van der Waals surface area contributed by atoms with Crippen LogP contribution in [0.2, 0.25) is 0 Å². The SMILES string of the molecule is CC(C)c1ccc(-n2c(C3C4CCCCC43)n[nH]c2=S)cc1. The summed E-state index contributed by atoms with van der Waals surface area (Å²) in [7, 11) is 0. The highest BCUT2D eigenvalue weighted by molar-refractivity contribution is 7.71. The lowest BCUT2D eigenvalue weighted by Gasteiger charge is -2.09. The first kappa shape index (κ1) is 14.2. The Morgan fingerprint density at radius 1 is 1.14 bits per heavy atom. The van der Waals surface area contributed by atoms with Crippen LogP contribution in [0, 0.1) is 16.6 Å². The first-order valence-corrected chi connectivity index (χ1v) is 8.85. The third-order valence-electron chi connectivity index (χ3n) is 5.47. The van der Waals surface area contributed by atoms with Gasteiger partial charge in [-0.25, -0.2) is 0 Å². The second-order valence-electron chi connectivity index (χ2n) is 7.11. The van der Waals surface area contributed by atoms with Crippen LogP contribution in [0.3, 0.4) is 0 Å². The van der Waals surface area contributed by atoms with E-state index >= 15 is 0 Å². The average Bonchev–Trinajstić information content (AvgIpc) is 3.14. The molecule has 4 heteroatoms. The van der Waals surface area contributed by atoms with E-state index in [4.69, 9.17) is 12.2 Å². The van der Waals surface area contributed by atoms with Crippen LogP contribution in [0.1, 0.15) is 62.8 Å². The van der Waals surface area contributed by atoms with Gasteiger partial charge in [-0.15, -0.1) is 0 Å². The van der Waals surface area contributed by atoms with Gasteiger partial charge in [0.25, 0.3) is 0 Å². The molecule has 116 valence electrons. The van der Waals surface area contributed by atoms with Crippen molar-refractivity contribution in [2.75, 3.05) is 0 Å². The molecule has 1 N–H and O–H groups in total. The normalized spacial score (nSPS) is 27.0. The van der Waals surface area contributed by atoms with Crippen LogP contribution in [0.25, 0.3) is 5.69 Å². The van der Waals surface area contributed by atoms with Gasteiger partial charge in [-0.2, -0.15) is 5.10 Å². The summed E-state index contributed by atoms with van der Waals surface area (Å²) in [6.45, 7) is 4.44. The summed E-state index contributed by atoms with van der Waals surface area (Å²) in [5.74, 6) is 4.00. The van der Waals surface area contributed by atoms with Crippen molar-refractivity contribution in [2.45, 2.75) is 51.4 Å². The first-order valence-electron chi connectivity index (χ1n) is 8.44. The highest BCUT2D eigenvalue weighted by atomic mass is 32.1. The molecule has 1 aromatic carbocycles. The summed E-state index contributed by atoms with van der Waals surface area (Å²) in [6.07, 6.45) is 5.49. The first-order chi connectivity index (χ1) is 10.7. The highest BCUT2D eigenvalue weighted by Crippen LogP contribution is 2.60. The van der Waals surface area contributed by atoms with Crippen LogP contribution in [0.4, 0.5) is 0 Å². The number of aromatic amines is 1. The van der Waals surface area contributed by atoms with Gasteiger partial charge in [-0.3, -0.25) is 9.67 Å². The predicted molar refractivity (Wildman–Crippen MR) is 91.0 cm³/mol. The van der Waals surface area contributed by atoms with Gasteiger partial charge >= 0.3 is 0 Å². The number of nitrogens with zero attached hydrogens (tertiary/aromatic N) is 2. The van der Waals surface area contributed by atoms with Crippen LogP contribution >= 0.6 is 12.2 Å².